The number of nitro groups is 1. The highest BCUT2D eigenvalue weighted by Gasteiger charge is 2.19. The zero-order valence-corrected chi connectivity index (χ0v) is 13.4. The van der Waals surface area contributed by atoms with Crippen LogP contribution in [-0.2, 0) is 10.1 Å². The van der Waals surface area contributed by atoms with Gasteiger partial charge in [0.1, 0.15) is 4.90 Å². The SMILES string of the molecule is O=[N+]([O-])/C=C/c1cccc(S(=O)(=O)O)c1-c1ccc(Br)cc1. The molecule has 0 radical (unpaired) electrons. The Hall–Kier alpha value is -2.03. The van der Waals surface area contributed by atoms with Crippen LogP contribution in [0.15, 0.2) is 58.0 Å². The van der Waals surface area contributed by atoms with E-state index in [-0.39, 0.29) is 10.5 Å². The molecule has 0 aliphatic heterocycles. The van der Waals surface area contributed by atoms with Crippen LogP contribution in [0.2, 0.25) is 0 Å². The van der Waals surface area contributed by atoms with Gasteiger partial charge in [-0.3, -0.25) is 14.7 Å². The van der Waals surface area contributed by atoms with Gasteiger partial charge in [-0.25, -0.2) is 0 Å². The van der Waals surface area contributed by atoms with E-state index in [1.165, 1.54) is 24.3 Å². The molecule has 0 saturated carbocycles. The van der Waals surface area contributed by atoms with Crippen LogP contribution < -0.4 is 0 Å². The predicted molar refractivity (Wildman–Crippen MR) is 85.4 cm³/mol. The van der Waals surface area contributed by atoms with Gasteiger partial charge in [-0.2, -0.15) is 8.42 Å². The van der Waals surface area contributed by atoms with Crippen molar-refractivity contribution in [3.8, 4) is 11.1 Å². The molecule has 2 aromatic carbocycles. The van der Waals surface area contributed by atoms with E-state index in [2.05, 4.69) is 15.9 Å². The van der Waals surface area contributed by atoms with Crippen molar-refractivity contribution in [1.82, 2.24) is 0 Å². The molecule has 0 saturated heterocycles. The first kappa shape index (κ1) is 16.3. The van der Waals surface area contributed by atoms with Gasteiger partial charge < -0.3 is 0 Å². The van der Waals surface area contributed by atoms with Gasteiger partial charge in [-0.05, 0) is 29.3 Å². The van der Waals surface area contributed by atoms with Crippen LogP contribution in [-0.4, -0.2) is 17.9 Å². The molecular formula is C14H10BrNO5S. The zero-order chi connectivity index (χ0) is 16.3. The number of nitrogens with zero attached hydrogens (tertiary/aromatic N) is 1. The Morgan fingerprint density at radius 1 is 1.14 bits per heavy atom. The van der Waals surface area contributed by atoms with Crippen LogP contribution in [0.5, 0.6) is 0 Å². The van der Waals surface area contributed by atoms with Crippen molar-refractivity contribution < 1.29 is 17.9 Å². The molecule has 2 rings (SSSR count). The molecule has 0 aliphatic rings. The average molecular weight is 384 g/mol. The third kappa shape index (κ3) is 3.79. The van der Waals surface area contributed by atoms with Gasteiger partial charge in [0.15, 0.2) is 0 Å². The van der Waals surface area contributed by atoms with Crippen LogP contribution in [0.25, 0.3) is 17.2 Å². The van der Waals surface area contributed by atoms with E-state index in [1.807, 2.05) is 0 Å². The lowest BCUT2D eigenvalue weighted by atomic mass is 9.99. The smallest absolute Gasteiger partial charge is 0.282 e. The maximum Gasteiger partial charge on any atom is 0.295 e. The molecule has 0 heterocycles. The molecule has 1 N–H and O–H groups in total. The number of halogens is 1. The van der Waals surface area contributed by atoms with Crippen molar-refractivity contribution in [3.63, 3.8) is 0 Å². The van der Waals surface area contributed by atoms with Crippen LogP contribution >= 0.6 is 15.9 Å². The van der Waals surface area contributed by atoms with Crippen molar-refractivity contribution in [2.75, 3.05) is 0 Å². The molecule has 0 amide bonds. The molecule has 22 heavy (non-hydrogen) atoms. The molecular weight excluding hydrogens is 374 g/mol. The van der Waals surface area contributed by atoms with E-state index < -0.39 is 15.0 Å². The first-order chi connectivity index (χ1) is 10.3. The fraction of sp³-hybridized carbons (Fsp3) is 0. The van der Waals surface area contributed by atoms with Gasteiger partial charge in [0.05, 0.1) is 4.92 Å². The van der Waals surface area contributed by atoms with Gasteiger partial charge in [0.2, 0.25) is 6.20 Å². The first-order valence-corrected chi connectivity index (χ1v) is 8.20. The summed E-state index contributed by atoms with van der Waals surface area (Å²) in [4.78, 5) is 9.54. The highest BCUT2D eigenvalue weighted by atomic mass is 79.9. The Morgan fingerprint density at radius 3 is 2.32 bits per heavy atom. The minimum Gasteiger partial charge on any atom is -0.282 e. The minimum absolute atomic E-state index is 0.204. The molecule has 0 atom stereocenters. The van der Waals surface area contributed by atoms with Crippen molar-refractivity contribution in [2.45, 2.75) is 4.90 Å². The molecule has 0 aromatic heterocycles. The summed E-state index contributed by atoms with van der Waals surface area (Å²) in [5.41, 5.74) is 1.03. The summed E-state index contributed by atoms with van der Waals surface area (Å²) in [6.07, 6.45) is 1.90. The Kier molecular flexibility index (Phi) is 4.74. The fourth-order valence-electron chi connectivity index (χ4n) is 1.97. The van der Waals surface area contributed by atoms with E-state index in [9.17, 15) is 23.1 Å². The lowest BCUT2D eigenvalue weighted by Gasteiger charge is -2.11. The van der Waals surface area contributed by atoms with E-state index in [0.29, 0.717) is 17.3 Å². The highest BCUT2D eigenvalue weighted by Crippen LogP contribution is 2.32. The third-order valence-electron chi connectivity index (χ3n) is 2.85. The summed E-state index contributed by atoms with van der Waals surface area (Å²) in [5, 5.41) is 10.5. The Balaban J connectivity index is 2.76. The van der Waals surface area contributed by atoms with Gasteiger partial charge in [-0.15, -0.1) is 0 Å². The number of rotatable bonds is 4. The molecule has 2 aromatic rings. The minimum atomic E-state index is -4.47. The second-order valence-electron chi connectivity index (χ2n) is 4.30. The lowest BCUT2D eigenvalue weighted by molar-refractivity contribution is -0.400. The van der Waals surface area contributed by atoms with Crippen LogP contribution in [0.4, 0.5) is 0 Å². The van der Waals surface area contributed by atoms with E-state index >= 15 is 0 Å². The maximum atomic E-state index is 11.6. The first-order valence-electron chi connectivity index (χ1n) is 5.97. The Morgan fingerprint density at radius 2 is 1.77 bits per heavy atom. The van der Waals surface area contributed by atoms with E-state index in [4.69, 9.17) is 0 Å². The molecule has 8 heteroatoms. The Bertz CT molecular complexity index is 844. The summed E-state index contributed by atoms with van der Waals surface area (Å²) < 4.78 is 33.3. The van der Waals surface area contributed by atoms with Gasteiger partial charge in [0, 0.05) is 16.1 Å². The molecule has 0 unspecified atom stereocenters. The van der Waals surface area contributed by atoms with E-state index in [0.717, 1.165) is 4.47 Å². The van der Waals surface area contributed by atoms with Crippen molar-refractivity contribution >= 4 is 32.1 Å². The summed E-state index contributed by atoms with van der Waals surface area (Å²) in [6.45, 7) is 0. The number of hydrogen-bond acceptors (Lipinski definition) is 4. The van der Waals surface area contributed by atoms with Gasteiger partial charge in [0.25, 0.3) is 10.1 Å². The summed E-state index contributed by atoms with van der Waals surface area (Å²) >= 11 is 3.27. The fourth-order valence-corrected chi connectivity index (χ4v) is 2.98. The predicted octanol–water partition coefficient (Wildman–Crippen LogP) is 3.61. The lowest BCUT2D eigenvalue weighted by Crippen LogP contribution is -2.02. The topological polar surface area (TPSA) is 97.5 Å². The average Bonchev–Trinajstić information content (AvgIpc) is 2.44. The van der Waals surface area contributed by atoms with Gasteiger partial charge >= 0.3 is 0 Å². The molecule has 0 fully saturated rings. The summed E-state index contributed by atoms with van der Waals surface area (Å²) in [6, 6.07) is 10.9. The molecule has 0 aliphatic carbocycles. The van der Waals surface area contributed by atoms with Gasteiger partial charge in [-0.1, -0.05) is 40.2 Å². The largest absolute Gasteiger partial charge is 0.295 e. The van der Waals surface area contributed by atoms with E-state index in [1.54, 1.807) is 24.3 Å². The Labute approximate surface area is 135 Å². The zero-order valence-electron chi connectivity index (χ0n) is 11.0. The third-order valence-corrected chi connectivity index (χ3v) is 4.27. The standard InChI is InChI=1S/C14H10BrNO5S/c15-12-6-4-11(5-7-12)14-10(8-9-16(17)18)2-1-3-13(14)22(19,20)21/h1-9H,(H,19,20,21)/b9-8+. The quantitative estimate of drug-likeness (QED) is 0.493. The van der Waals surface area contributed by atoms with Crippen molar-refractivity contribution in [1.29, 1.82) is 0 Å². The molecule has 114 valence electrons. The summed E-state index contributed by atoms with van der Waals surface area (Å²) in [7, 11) is -4.47. The van der Waals surface area contributed by atoms with Crippen LogP contribution in [0, 0.1) is 10.1 Å². The van der Waals surface area contributed by atoms with Crippen LogP contribution in [0.3, 0.4) is 0 Å². The van der Waals surface area contributed by atoms with Crippen molar-refractivity contribution in [3.05, 3.63) is 68.8 Å². The second-order valence-corrected chi connectivity index (χ2v) is 6.61. The van der Waals surface area contributed by atoms with Crippen molar-refractivity contribution in [2.24, 2.45) is 0 Å². The molecule has 0 bridgehead atoms. The van der Waals surface area contributed by atoms with Crippen LogP contribution in [0.1, 0.15) is 5.56 Å². The highest BCUT2D eigenvalue weighted by molar-refractivity contribution is 9.10. The molecule has 6 nitrogen and oxygen atoms in total. The monoisotopic (exact) mass is 383 g/mol. The second kappa shape index (κ2) is 6.39. The normalized spacial score (nSPS) is 11.7. The maximum absolute atomic E-state index is 11.6. The summed E-state index contributed by atoms with van der Waals surface area (Å²) in [5.74, 6) is 0. The number of benzene rings is 2. The molecule has 0 spiro atoms. The number of hydrogen-bond donors (Lipinski definition) is 1.